The molecule has 3 amide bonds. The van der Waals surface area contributed by atoms with Crippen LogP contribution in [0.4, 0.5) is 10.7 Å². The second-order valence-electron chi connectivity index (χ2n) is 10.9. The van der Waals surface area contributed by atoms with Gasteiger partial charge < -0.3 is 20.7 Å². The smallest absolute Gasteiger partial charge is 0.341 e. The lowest BCUT2D eigenvalue weighted by atomic mass is 10.0. The summed E-state index contributed by atoms with van der Waals surface area (Å²) in [6, 6.07) is 32.6. The molecule has 3 N–H and O–H groups in total. The van der Waals surface area contributed by atoms with E-state index >= 15 is 0 Å². The number of ether oxygens (including phenoxy) is 1. The molecule has 0 saturated heterocycles. The Hall–Kier alpha value is -4.97. The quantitative estimate of drug-likeness (QED) is 0.0626. The number of amides is 3. The minimum atomic E-state index is -0.512. The Morgan fingerprint density at radius 3 is 2.24 bits per heavy atom. The molecule has 4 aromatic carbocycles. The van der Waals surface area contributed by atoms with Crippen molar-refractivity contribution in [2.75, 3.05) is 17.2 Å². The number of thiophene rings is 1. The maximum Gasteiger partial charge on any atom is 0.341 e. The molecule has 254 valence electrons. The maximum atomic E-state index is 13.6. The molecule has 0 fully saturated rings. The van der Waals surface area contributed by atoms with Gasteiger partial charge in [0.15, 0.2) is 0 Å². The molecule has 5 rings (SSSR count). The van der Waals surface area contributed by atoms with Gasteiger partial charge in [0.2, 0.25) is 5.91 Å². The molecule has 1 aromatic heterocycles. The minimum Gasteiger partial charge on any atom is -0.462 e. The van der Waals surface area contributed by atoms with Crippen molar-refractivity contribution in [3.8, 4) is 11.1 Å². The molecule has 0 aliphatic heterocycles. The highest BCUT2D eigenvalue weighted by molar-refractivity contribution is 9.10. The lowest BCUT2D eigenvalue weighted by Crippen LogP contribution is -2.30. The van der Waals surface area contributed by atoms with E-state index in [0.29, 0.717) is 33.8 Å². The Bertz CT molecular complexity index is 2000. The first-order valence-corrected chi connectivity index (χ1v) is 18.4. The van der Waals surface area contributed by atoms with E-state index in [2.05, 4.69) is 31.9 Å². The van der Waals surface area contributed by atoms with Crippen molar-refractivity contribution in [3.05, 3.63) is 141 Å². The van der Waals surface area contributed by atoms with E-state index in [0.717, 1.165) is 20.5 Å². The van der Waals surface area contributed by atoms with Crippen molar-refractivity contribution in [1.29, 1.82) is 0 Å². The van der Waals surface area contributed by atoms with Gasteiger partial charge >= 0.3 is 5.97 Å². The molecule has 1 unspecified atom stereocenters. The van der Waals surface area contributed by atoms with E-state index in [1.165, 1.54) is 23.1 Å². The summed E-state index contributed by atoms with van der Waals surface area (Å²) in [5.74, 6) is -1.69. The summed E-state index contributed by atoms with van der Waals surface area (Å²) in [5, 5.41) is 10.4. The number of thioether (sulfide) groups is 1. The monoisotopic (exact) mass is 767 g/mol. The van der Waals surface area contributed by atoms with Gasteiger partial charge in [-0.1, -0.05) is 89.6 Å². The van der Waals surface area contributed by atoms with Gasteiger partial charge in [-0.05, 0) is 73.0 Å². The number of carbonyl (C=O) groups is 4. The molecule has 0 spiro atoms. The second kappa shape index (κ2) is 17.6. The zero-order valence-electron chi connectivity index (χ0n) is 27.3. The first kappa shape index (κ1) is 36.3. The van der Waals surface area contributed by atoms with Crippen molar-refractivity contribution >= 4 is 79.5 Å². The number of nitrogens with one attached hydrogen (secondary N) is 3. The van der Waals surface area contributed by atoms with Crippen LogP contribution in [0, 0.1) is 0 Å². The van der Waals surface area contributed by atoms with Gasteiger partial charge in [-0.3, -0.25) is 14.4 Å². The third-order valence-electron chi connectivity index (χ3n) is 7.34. The number of hydrogen-bond donors (Lipinski definition) is 3. The van der Waals surface area contributed by atoms with Crippen molar-refractivity contribution in [2.24, 2.45) is 0 Å². The number of halogens is 1. The fourth-order valence-corrected chi connectivity index (χ4v) is 7.12. The van der Waals surface area contributed by atoms with Crippen molar-refractivity contribution in [1.82, 2.24) is 5.32 Å². The number of anilines is 2. The molecule has 11 heteroatoms. The Balaban J connectivity index is 1.32. The fourth-order valence-electron chi connectivity index (χ4n) is 4.88. The molecule has 8 nitrogen and oxygen atoms in total. The summed E-state index contributed by atoms with van der Waals surface area (Å²) >= 11 is 6.04. The number of benzene rings is 4. The van der Waals surface area contributed by atoms with Crippen LogP contribution in [0.1, 0.15) is 46.5 Å². The highest BCUT2D eigenvalue weighted by Crippen LogP contribution is 2.37. The van der Waals surface area contributed by atoms with Crippen LogP contribution in [0.2, 0.25) is 0 Å². The van der Waals surface area contributed by atoms with Crippen LogP contribution < -0.4 is 16.0 Å². The molecule has 1 heterocycles. The third kappa shape index (κ3) is 9.59. The van der Waals surface area contributed by atoms with Gasteiger partial charge in [0.1, 0.15) is 16.3 Å². The fraction of sp³-hybridized carbons (Fsp3) is 0.128. The molecule has 0 aliphatic carbocycles. The topological polar surface area (TPSA) is 114 Å². The van der Waals surface area contributed by atoms with Crippen LogP contribution in [-0.2, 0) is 14.3 Å². The predicted molar refractivity (Wildman–Crippen MR) is 205 cm³/mol. The minimum absolute atomic E-state index is 0.0632. The summed E-state index contributed by atoms with van der Waals surface area (Å²) in [4.78, 5) is 54.0. The Morgan fingerprint density at radius 1 is 0.860 bits per heavy atom. The van der Waals surface area contributed by atoms with E-state index in [9.17, 15) is 19.2 Å². The molecule has 0 aliphatic rings. The molecule has 5 aromatic rings. The van der Waals surface area contributed by atoms with Gasteiger partial charge in [0, 0.05) is 31.6 Å². The van der Waals surface area contributed by atoms with E-state index < -0.39 is 23.0 Å². The highest BCUT2D eigenvalue weighted by Gasteiger charge is 2.26. The number of rotatable bonds is 13. The molecule has 1 atom stereocenters. The molecule has 0 bridgehead atoms. The summed E-state index contributed by atoms with van der Waals surface area (Å²) in [7, 11) is 0. The third-order valence-corrected chi connectivity index (χ3v) is 10.1. The molecular weight excluding hydrogens is 734 g/mol. The SMILES string of the molecule is CCOC(=O)c1c(-c2ccccc2)csc1NC(=O)C(CC)Sc1cccc(NC(=O)/C(=C\c2ccc(Br)cc2)NC(=O)c2ccccc2)c1. The van der Waals surface area contributed by atoms with E-state index in [1.54, 1.807) is 55.5 Å². The average Bonchev–Trinajstić information content (AvgIpc) is 3.55. The molecule has 0 radical (unpaired) electrons. The maximum absolute atomic E-state index is 13.6. The lowest BCUT2D eigenvalue weighted by Gasteiger charge is -2.16. The van der Waals surface area contributed by atoms with E-state index in [1.807, 2.05) is 79.0 Å². The van der Waals surface area contributed by atoms with Crippen LogP contribution in [-0.4, -0.2) is 35.5 Å². The normalized spacial score (nSPS) is 11.7. The summed E-state index contributed by atoms with van der Waals surface area (Å²) in [6.07, 6.45) is 2.11. The van der Waals surface area contributed by atoms with Gasteiger partial charge in [-0.25, -0.2) is 4.79 Å². The molecule has 50 heavy (non-hydrogen) atoms. The van der Waals surface area contributed by atoms with Gasteiger partial charge in [-0.2, -0.15) is 0 Å². The summed E-state index contributed by atoms with van der Waals surface area (Å²) < 4.78 is 6.23. The van der Waals surface area contributed by atoms with Crippen LogP contribution in [0.25, 0.3) is 17.2 Å². The van der Waals surface area contributed by atoms with Gasteiger partial charge in [0.25, 0.3) is 11.8 Å². The van der Waals surface area contributed by atoms with Crippen LogP contribution in [0.5, 0.6) is 0 Å². The second-order valence-corrected chi connectivity index (χ2v) is 13.9. The summed E-state index contributed by atoms with van der Waals surface area (Å²) in [5.41, 5.74) is 3.56. The number of carbonyl (C=O) groups excluding carboxylic acids is 4. The average molecular weight is 769 g/mol. The van der Waals surface area contributed by atoms with Crippen LogP contribution in [0.15, 0.2) is 130 Å². The number of esters is 1. The van der Waals surface area contributed by atoms with E-state index in [-0.39, 0.29) is 18.2 Å². The molecular formula is C39H34BrN3O5S2. The Morgan fingerprint density at radius 2 is 1.56 bits per heavy atom. The van der Waals surface area contributed by atoms with Gasteiger partial charge in [0.05, 0.1) is 11.9 Å². The van der Waals surface area contributed by atoms with Crippen molar-refractivity contribution in [3.63, 3.8) is 0 Å². The summed E-state index contributed by atoms with van der Waals surface area (Å²) in [6.45, 7) is 3.86. The van der Waals surface area contributed by atoms with Crippen LogP contribution >= 0.6 is 39.0 Å². The standard InChI is InChI=1S/C39H34BrN3O5S2/c1-3-33(37(46)43-38-34(39(47)48-4-2)31(24-49-38)26-12-7-5-8-13-26)50-30-17-11-16-29(23-30)41-36(45)32(22-25-18-20-28(40)21-19-25)42-35(44)27-14-9-6-10-15-27/h5-24,33H,3-4H2,1-2H3,(H,41,45)(H,42,44)(H,43,46)/b32-22+. The predicted octanol–water partition coefficient (Wildman–Crippen LogP) is 9.27. The zero-order valence-corrected chi connectivity index (χ0v) is 30.5. The van der Waals surface area contributed by atoms with E-state index in [4.69, 9.17) is 4.74 Å². The Labute approximate surface area is 307 Å². The van der Waals surface area contributed by atoms with Gasteiger partial charge in [-0.15, -0.1) is 23.1 Å². The largest absolute Gasteiger partial charge is 0.462 e. The lowest BCUT2D eigenvalue weighted by molar-refractivity contribution is -0.116. The zero-order chi connectivity index (χ0) is 35.5. The first-order chi connectivity index (χ1) is 24.2. The highest BCUT2D eigenvalue weighted by atomic mass is 79.9. The Kier molecular flexibility index (Phi) is 12.8. The molecule has 0 saturated carbocycles. The van der Waals surface area contributed by atoms with Crippen LogP contribution in [0.3, 0.4) is 0 Å². The number of hydrogen-bond acceptors (Lipinski definition) is 7. The first-order valence-electron chi connectivity index (χ1n) is 15.8. The van der Waals surface area contributed by atoms with Crippen molar-refractivity contribution < 1.29 is 23.9 Å². The van der Waals surface area contributed by atoms with Crippen molar-refractivity contribution in [2.45, 2.75) is 30.4 Å².